The molecule has 0 unspecified atom stereocenters. The van der Waals surface area contributed by atoms with Crippen LogP contribution in [0.4, 0.5) is 5.69 Å². The maximum Gasteiger partial charge on any atom is 0.290 e. The van der Waals surface area contributed by atoms with Gasteiger partial charge in [0.2, 0.25) is 5.91 Å². The molecule has 0 atom stereocenters. The van der Waals surface area contributed by atoms with Crippen molar-refractivity contribution in [1.82, 2.24) is 5.27 Å². The molecule has 0 radical (unpaired) electrons. The summed E-state index contributed by atoms with van der Waals surface area (Å²) >= 11 is 7.13. The van der Waals surface area contributed by atoms with Crippen molar-refractivity contribution in [3.05, 3.63) is 28.8 Å². The minimum absolute atomic E-state index is 0.139. The average Bonchev–Trinajstić information content (AvgIpc) is 2.74. The lowest BCUT2D eigenvalue weighted by Gasteiger charge is -2.08. The predicted molar refractivity (Wildman–Crippen MR) is 77.3 cm³/mol. The molecule has 2 rings (SSSR count). The lowest BCUT2D eigenvalue weighted by atomic mass is 10.2. The third-order valence-electron chi connectivity index (χ3n) is 2.76. The van der Waals surface area contributed by atoms with E-state index in [0.29, 0.717) is 21.5 Å². The van der Waals surface area contributed by atoms with Crippen molar-refractivity contribution in [3.8, 4) is 5.95 Å². The van der Waals surface area contributed by atoms with E-state index in [1.54, 1.807) is 19.2 Å². The van der Waals surface area contributed by atoms with E-state index in [1.165, 1.54) is 16.4 Å². The number of hydrogen-bond acceptors (Lipinski definition) is 5. The molecule has 6 nitrogen and oxygen atoms in total. The highest BCUT2D eigenvalue weighted by Gasteiger charge is 2.14. The second-order valence-corrected chi connectivity index (χ2v) is 5.92. The van der Waals surface area contributed by atoms with Crippen molar-refractivity contribution in [1.29, 1.82) is 0 Å². The number of anilines is 1. The van der Waals surface area contributed by atoms with Crippen LogP contribution in [-0.2, 0) is 11.8 Å². The van der Waals surface area contributed by atoms with Gasteiger partial charge in [-0.05, 0) is 24.6 Å². The Hall–Kier alpha value is -1.73. The Bertz CT molecular complexity index is 641. The van der Waals surface area contributed by atoms with Gasteiger partial charge >= 0.3 is 0 Å². The van der Waals surface area contributed by atoms with Crippen LogP contribution in [0.2, 0.25) is 5.02 Å². The number of hydrogen-bond donors (Lipinski definition) is 1. The van der Waals surface area contributed by atoms with E-state index >= 15 is 0 Å². The number of benzene rings is 1. The Balaban J connectivity index is 1.87. The molecule has 112 valence electrons. The molecule has 0 aliphatic heterocycles. The Morgan fingerprint density at radius 3 is 3.00 bits per heavy atom. The molecule has 0 spiro atoms. The van der Waals surface area contributed by atoms with Crippen LogP contribution in [0.25, 0.3) is 0 Å². The first-order valence-corrected chi connectivity index (χ1v) is 7.55. The van der Waals surface area contributed by atoms with Gasteiger partial charge in [0, 0.05) is 22.9 Å². The van der Waals surface area contributed by atoms with E-state index < -0.39 is 5.95 Å². The fourth-order valence-electron chi connectivity index (χ4n) is 1.64. The van der Waals surface area contributed by atoms with Crippen LogP contribution in [0.3, 0.4) is 0 Å². The molecule has 0 saturated carbocycles. The number of rotatable bonds is 5. The Morgan fingerprint density at radius 2 is 2.33 bits per heavy atom. The van der Waals surface area contributed by atoms with Crippen molar-refractivity contribution in [2.45, 2.75) is 18.4 Å². The summed E-state index contributed by atoms with van der Waals surface area (Å²) in [5, 5.41) is 18.5. The molecule has 1 aromatic carbocycles. The highest BCUT2D eigenvalue weighted by atomic mass is 35.5. The zero-order chi connectivity index (χ0) is 15.4. The monoisotopic (exact) mass is 327 g/mol. The fourth-order valence-corrected chi connectivity index (χ4v) is 2.67. The maximum atomic E-state index is 11.9. The van der Waals surface area contributed by atoms with Crippen molar-refractivity contribution < 1.29 is 19.1 Å². The van der Waals surface area contributed by atoms with Gasteiger partial charge in [-0.15, -0.1) is 0 Å². The SMILES string of the molecule is Cc1ccc(Cl)cc1NC(=O)CCSc1c([O-])on[n+]1C. The standard InChI is InChI=1S/C13H14ClN3O3S/c1-8-3-4-9(14)7-10(8)15-11(18)5-6-21-12-13(19)20-16-17(12)2/h3-4,7H,5-6H2,1-2H3,(H-,15,16,18,19). The van der Waals surface area contributed by atoms with Gasteiger partial charge in [-0.1, -0.05) is 34.1 Å². The summed E-state index contributed by atoms with van der Waals surface area (Å²) in [4.78, 5) is 11.9. The van der Waals surface area contributed by atoms with Crippen molar-refractivity contribution in [3.63, 3.8) is 0 Å². The predicted octanol–water partition coefficient (Wildman–Crippen LogP) is 1.66. The molecule has 21 heavy (non-hydrogen) atoms. The maximum absolute atomic E-state index is 11.9. The molecule has 0 saturated heterocycles. The molecular weight excluding hydrogens is 314 g/mol. The minimum atomic E-state index is -0.492. The topological polar surface area (TPSA) is 82.1 Å². The fraction of sp³-hybridized carbons (Fsp3) is 0.308. The quantitative estimate of drug-likeness (QED) is 0.667. The van der Waals surface area contributed by atoms with Crippen LogP contribution in [0.5, 0.6) is 5.95 Å². The minimum Gasteiger partial charge on any atom is -0.538 e. The molecule has 2 aromatic rings. The van der Waals surface area contributed by atoms with E-state index in [0.717, 1.165) is 5.56 Å². The molecule has 1 heterocycles. The van der Waals surface area contributed by atoms with E-state index in [4.69, 9.17) is 11.6 Å². The Morgan fingerprint density at radius 1 is 1.57 bits per heavy atom. The highest BCUT2D eigenvalue weighted by Crippen LogP contribution is 2.23. The van der Waals surface area contributed by atoms with Gasteiger partial charge in [0.1, 0.15) is 0 Å². The van der Waals surface area contributed by atoms with Crippen molar-refractivity contribution >= 4 is 35.0 Å². The first-order valence-electron chi connectivity index (χ1n) is 6.19. The molecule has 0 fully saturated rings. The van der Waals surface area contributed by atoms with Gasteiger partial charge in [0.05, 0.1) is 5.27 Å². The summed E-state index contributed by atoms with van der Waals surface area (Å²) in [6.07, 6.45) is 0.265. The van der Waals surface area contributed by atoms with Crippen molar-refractivity contribution in [2.24, 2.45) is 7.05 Å². The van der Waals surface area contributed by atoms with Gasteiger partial charge in [0.25, 0.3) is 5.03 Å². The summed E-state index contributed by atoms with van der Waals surface area (Å²) in [5.74, 6) is -0.177. The Kier molecular flexibility index (Phi) is 5.08. The second kappa shape index (κ2) is 6.82. The molecular formula is C13H14ClN3O3S. The number of carbonyl (C=O) groups is 1. The molecule has 8 heteroatoms. The highest BCUT2D eigenvalue weighted by molar-refractivity contribution is 7.99. The van der Waals surface area contributed by atoms with Crippen LogP contribution >= 0.6 is 23.4 Å². The molecule has 0 aliphatic carbocycles. The van der Waals surface area contributed by atoms with Gasteiger partial charge in [0.15, 0.2) is 13.0 Å². The normalized spacial score (nSPS) is 10.6. The number of carbonyl (C=O) groups excluding carboxylic acids is 1. The summed E-state index contributed by atoms with van der Waals surface area (Å²) < 4.78 is 5.85. The number of aryl methyl sites for hydroxylation is 2. The zero-order valence-corrected chi connectivity index (χ0v) is 13.1. The van der Waals surface area contributed by atoms with E-state index in [9.17, 15) is 9.90 Å². The zero-order valence-electron chi connectivity index (χ0n) is 11.6. The first-order chi connectivity index (χ1) is 9.97. The van der Waals surface area contributed by atoms with Crippen LogP contribution in [-0.4, -0.2) is 16.9 Å². The lowest BCUT2D eigenvalue weighted by Crippen LogP contribution is -2.32. The molecule has 0 bridgehead atoms. The number of halogens is 1. The largest absolute Gasteiger partial charge is 0.538 e. The van der Waals surface area contributed by atoms with E-state index in [1.807, 2.05) is 13.0 Å². The molecule has 1 amide bonds. The van der Waals surface area contributed by atoms with E-state index in [2.05, 4.69) is 15.1 Å². The summed E-state index contributed by atoms with van der Waals surface area (Å²) in [7, 11) is 1.61. The van der Waals surface area contributed by atoms with Crippen LogP contribution in [0.15, 0.2) is 27.7 Å². The molecule has 1 aromatic heterocycles. The third-order valence-corrected chi connectivity index (χ3v) is 4.10. The van der Waals surface area contributed by atoms with Crippen LogP contribution < -0.4 is 15.1 Å². The number of amides is 1. The molecule has 0 aliphatic rings. The number of aromatic nitrogens is 2. The van der Waals surface area contributed by atoms with Crippen LogP contribution in [0, 0.1) is 6.92 Å². The van der Waals surface area contributed by atoms with Gasteiger partial charge < -0.3 is 14.9 Å². The Labute approximate surface area is 131 Å². The van der Waals surface area contributed by atoms with Gasteiger partial charge in [-0.3, -0.25) is 4.79 Å². The summed E-state index contributed by atoms with van der Waals surface area (Å²) in [6.45, 7) is 1.89. The van der Waals surface area contributed by atoms with Gasteiger partial charge in [-0.25, -0.2) is 0 Å². The number of nitrogens with one attached hydrogen (secondary N) is 1. The number of thioether (sulfide) groups is 1. The van der Waals surface area contributed by atoms with E-state index in [-0.39, 0.29) is 12.3 Å². The average molecular weight is 328 g/mol. The second-order valence-electron chi connectivity index (χ2n) is 4.40. The number of nitrogens with zero attached hydrogens (tertiary/aromatic N) is 2. The van der Waals surface area contributed by atoms with Crippen molar-refractivity contribution in [2.75, 3.05) is 11.1 Å². The van der Waals surface area contributed by atoms with Crippen LogP contribution in [0.1, 0.15) is 12.0 Å². The van der Waals surface area contributed by atoms with Gasteiger partial charge in [-0.2, -0.15) is 0 Å². The third kappa shape index (κ3) is 4.12. The molecule has 1 N–H and O–H groups in total. The lowest BCUT2D eigenvalue weighted by molar-refractivity contribution is -0.772. The summed E-state index contributed by atoms with van der Waals surface area (Å²) in [5.41, 5.74) is 1.63. The summed E-state index contributed by atoms with van der Waals surface area (Å²) in [6, 6.07) is 5.31. The smallest absolute Gasteiger partial charge is 0.290 e. The first kappa shape index (κ1) is 15.7.